The van der Waals surface area contributed by atoms with Crippen molar-refractivity contribution in [3.05, 3.63) is 53.7 Å². The average Bonchev–Trinajstić information content (AvgIpc) is 3.42. The Labute approximate surface area is 199 Å². The lowest BCUT2D eigenvalue weighted by atomic mass is 10.0. The topological polar surface area (TPSA) is 106 Å². The number of aromatic nitrogens is 1. The number of nitrogens with one attached hydrogen (secondary N) is 2. The minimum Gasteiger partial charge on any atom is -0.489 e. The van der Waals surface area contributed by atoms with Gasteiger partial charge in [-0.05, 0) is 68.6 Å². The number of hydrogen-bond donors (Lipinski definition) is 3. The number of rotatable bonds is 9. The van der Waals surface area contributed by atoms with Crippen LogP contribution in [-0.4, -0.2) is 38.9 Å². The van der Waals surface area contributed by atoms with E-state index in [-0.39, 0.29) is 17.9 Å². The van der Waals surface area contributed by atoms with Gasteiger partial charge in [0, 0.05) is 24.3 Å². The predicted molar refractivity (Wildman–Crippen MR) is 135 cm³/mol. The van der Waals surface area contributed by atoms with Crippen LogP contribution in [0.5, 0.6) is 5.75 Å². The molecule has 1 aliphatic carbocycles. The summed E-state index contributed by atoms with van der Waals surface area (Å²) in [6, 6.07) is 12.3. The van der Waals surface area contributed by atoms with Crippen LogP contribution in [0, 0.1) is 0 Å². The van der Waals surface area contributed by atoms with Gasteiger partial charge in [-0.3, -0.25) is 0 Å². The molecular formula is C24H30N4O3S2. The SMILES string of the molecule is CNS(=O)(=O)CCNC1CCc2c(-c3cnc(-c4ccc(OC(C)C)c(N)c4)s3)cccc21. The Kier molecular flexibility index (Phi) is 7.04. The molecule has 1 atom stereocenters. The second-order valence-electron chi connectivity index (χ2n) is 8.39. The lowest BCUT2D eigenvalue weighted by molar-refractivity contribution is 0.244. The van der Waals surface area contributed by atoms with Crippen molar-refractivity contribution in [2.75, 3.05) is 25.1 Å². The number of nitrogen functional groups attached to an aromatic ring is 1. The number of sulfonamides is 1. The normalized spacial score (nSPS) is 15.7. The average molecular weight is 487 g/mol. The molecule has 33 heavy (non-hydrogen) atoms. The largest absolute Gasteiger partial charge is 0.489 e. The zero-order chi connectivity index (χ0) is 23.6. The highest BCUT2D eigenvalue weighted by Crippen LogP contribution is 2.41. The predicted octanol–water partition coefficient (Wildman–Crippen LogP) is 3.97. The minimum atomic E-state index is -3.21. The Morgan fingerprint density at radius 3 is 2.82 bits per heavy atom. The van der Waals surface area contributed by atoms with Crippen molar-refractivity contribution in [1.29, 1.82) is 0 Å². The number of hydrogen-bond acceptors (Lipinski definition) is 7. The van der Waals surface area contributed by atoms with Gasteiger partial charge in [-0.2, -0.15) is 0 Å². The molecule has 2 aromatic carbocycles. The summed E-state index contributed by atoms with van der Waals surface area (Å²) in [7, 11) is -1.77. The van der Waals surface area contributed by atoms with Gasteiger partial charge in [0.05, 0.1) is 22.4 Å². The first-order valence-electron chi connectivity index (χ1n) is 11.1. The first-order valence-corrected chi connectivity index (χ1v) is 13.5. The van der Waals surface area contributed by atoms with Crippen LogP contribution in [0.2, 0.25) is 0 Å². The summed E-state index contributed by atoms with van der Waals surface area (Å²) in [5.74, 6) is 0.754. The van der Waals surface area contributed by atoms with Crippen molar-refractivity contribution >= 4 is 27.0 Å². The molecule has 0 amide bonds. The van der Waals surface area contributed by atoms with E-state index in [9.17, 15) is 8.42 Å². The van der Waals surface area contributed by atoms with Crippen LogP contribution in [-0.2, 0) is 16.4 Å². The van der Waals surface area contributed by atoms with Gasteiger partial charge in [0.1, 0.15) is 10.8 Å². The second-order valence-corrected chi connectivity index (χ2v) is 11.5. The van der Waals surface area contributed by atoms with E-state index in [0.717, 1.165) is 28.3 Å². The van der Waals surface area contributed by atoms with Crippen LogP contribution in [0.25, 0.3) is 21.0 Å². The summed E-state index contributed by atoms with van der Waals surface area (Å²) in [5, 5.41) is 4.32. The Balaban J connectivity index is 1.53. The van der Waals surface area contributed by atoms with Gasteiger partial charge in [-0.25, -0.2) is 18.1 Å². The number of nitrogens with zero attached hydrogens (tertiary/aromatic N) is 1. The number of ether oxygens (including phenoxy) is 1. The molecule has 4 rings (SSSR count). The van der Waals surface area contributed by atoms with E-state index >= 15 is 0 Å². The van der Waals surface area contributed by atoms with Crippen LogP contribution in [0.1, 0.15) is 37.4 Å². The third kappa shape index (κ3) is 5.38. The van der Waals surface area contributed by atoms with Crippen molar-refractivity contribution in [2.24, 2.45) is 0 Å². The van der Waals surface area contributed by atoms with E-state index < -0.39 is 10.0 Å². The molecule has 0 aliphatic heterocycles. The standard InChI is InChI=1S/C24H30N4O3S2/c1-15(2)31-22-10-7-16(13-20(22)25)24-28-14-23(32-24)19-6-4-5-18-17(19)8-9-21(18)27-11-12-33(29,30)26-3/h4-7,10,13-15,21,26-27H,8-9,11-12,25H2,1-3H3. The summed E-state index contributed by atoms with van der Waals surface area (Å²) < 4.78 is 31.5. The highest BCUT2D eigenvalue weighted by Gasteiger charge is 2.25. The summed E-state index contributed by atoms with van der Waals surface area (Å²) in [4.78, 5) is 5.77. The van der Waals surface area contributed by atoms with Crippen LogP contribution >= 0.6 is 11.3 Å². The number of fused-ring (bicyclic) bond motifs is 1. The molecule has 0 bridgehead atoms. The van der Waals surface area contributed by atoms with Gasteiger partial charge in [0.15, 0.2) is 0 Å². The highest BCUT2D eigenvalue weighted by molar-refractivity contribution is 7.89. The van der Waals surface area contributed by atoms with Crippen LogP contribution < -0.4 is 20.5 Å². The molecule has 0 fully saturated rings. The van der Waals surface area contributed by atoms with E-state index in [1.165, 1.54) is 23.7 Å². The third-order valence-electron chi connectivity index (χ3n) is 5.73. The Morgan fingerprint density at radius 1 is 1.27 bits per heavy atom. The van der Waals surface area contributed by atoms with Crippen molar-refractivity contribution in [1.82, 2.24) is 15.0 Å². The van der Waals surface area contributed by atoms with Gasteiger partial charge in [0.25, 0.3) is 0 Å². The van der Waals surface area contributed by atoms with Crippen molar-refractivity contribution in [3.63, 3.8) is 0 Å². The zero-order valence-corrected chi connectivity index (χ0v) is 20.7. The van der Waals surface area contributed by atoms with Crippen LogP contribution in [0.3, 0.4) is 0 Å². The maximum absolute atomic E-state index is 11.7. The smallest absolute Gasteiger partial charge is 0.212 e. The summed E-state index contributed by atoms with van der Waals surface area (Å²) >= 11 is 1.64. The van der Waals surface area contributed by atoms with Gasteiger partial charge in [-0.15, -0.1) is 11.3 Å². The van der Waals surface area contributed by atoms with Crippen LogP contribution in [0.15, 0.2) is 42.6 Å². The molecule has 1 unspecified atom stereocenters. The maximum atomic E-state index is 11.7. The Hall–Kier alpha value is -2.46. The van der Waals surface area contributed by atoms with Gasteiger partial charge in [-0.1, -0.05) is 18.2 Å². The molecular weight excluding hydrogens is 456 g/mol. The van der Waals surface area contributed by atoms with E-state index in [4.69, 9.17) is 10.5 Å². The molecule has 4 N–H and O–H groups in total. The van der Waals surface area contributed by atoms with Gasteiger partial charge in [0.2, 0.25) is 10.0 Å². The summed E-state index contributed by atoms with van der Waals surface area (Å²) in [6.07, 6.45) is 3.88. The quantitative estimate of drug-likeness (QED) is 0.395. The molecule has 3 aromatic rings. The fourth-order valence-corrected chi connectivity index (χ4v) is 5.70. The fraction of sp³-hybridized carbons (Fsp3) is 0.375. The number of anilines is 1. The molecule has 7 nitrogen and oxygen atoms in total. The fourth-order valence-electron chi connectivity index (χ4n) is 4.14. The minimum absolute atomic E-state index is 0.0656. The first kappa shape index (κ1) is 23.7. The molecule has 0 spiro atoms. The molecule has 0 saturated carbocycles. The molecule has 9 heteroatoms. The zero-order valence-electron chi connectivity index (χ0n) is 19.1. The molecule has 0 saturated heterocycles. The van der Waals surface area contributed by atoms with Gasteiger partial charge < -0.3 is 15.8 Å². The second kappa shape index (κ2) is 9.80. The molecule has 1 aromatic heterocycles. The molecule has 0 radical (unpaired) electrons. The number of nitrogens with two attached hydrogens (primary N) is 1. The van der Waals surface area contributed by atoms with Crippen LogP contribution in [0.4, 0.5) is 5.69 Å². The Morgan fingerprint density at radius 2 is 2.09 bits per heavy atom. The van der Waals surface area contributed by atoms with Crippen molar-refractivity contribution in [2.45, 2.75) is 38.8 Å². The molecule has 1 aliphatic rings. The van der Waals surface area contributed by atoms with Gasteiger partial charge >= 0.3 is 0 Å². The summed E-state index contributed by atoms with van der Waals surface area (Å²) in [6.45, 7) is 4.37. The first-order chi connectivity index (χ1) is 15.8. The monoisotopic (exact) mass is 486 g/mol. The lowest BCUT2D eigenvalue weighted by Crippen LogP contribution is -2.31. The number of benzene rings is 2. The van der Waals surface area contributed by atoms with E-state index in [0.29, 0.717) is 18.0 Å². The van der Waals surface area contributed by atoms with Crippen molar-refractivity contribution in [3.8, 4) is 26.8 Å². The van der Waals surface area contributed by atoms with E-state index in [1.54, 1.807) is 11.3 Å². The molecule has 176 valence electrons. The number of thiazole rings is 1. The third-order valence-corrected chi connectivity index (χ3v) is 8.18. The highest BCUT2D eigenvalue weighted by atomic mass is 32.2. The van der Waals surface area contributed by atoms with E-state index in [2.05, 4.69) is 33.2 Å². The maximum Gasteiger partial charge on any atom is 0.212 e. The van der Waals surface area contributed by atoms with Crippen molar-refractivity contribution < 1.29 is 13.2 Å². The molecule has 1 heterocycles. The van der Waals surface area contributed by atoms with E-state index in [1.807, 2.05) is 38.2 Å². The summed E-state index contributed by atoms with van der Waals surface area (Å²) in [5.41, 5.74) is 11.5. The Bertz CT molecular complexity index is 1240. The lowest BCUT2D eigenvalue weighted by Gasteiger charge is -2.14.